The first kappa shape index (κ1) is 16.0. The van der Waals surface area contributed by atoms with E-state index in [1.807, 2.05) is 0 Å². The molecule has 0 aromatic rings. The molecule has 0 aromatic carbocycles. The number of urea groups is 1. The van der Waals surface area contributed by atoms with Crippen LogP contribution in [0.1, 0.15) is 19.3 Å². The molecule has 1 aliphatic carbocycles. The van der Waals surface area contributed by atoms with Crippen LogP contribution in [0.2, 0.25) is 0 Å². The van der Waals surface area contributed by atoms with E-state index in [-0.39, 0.29) is 24.5 Å². The Morgan fingerprint density at radius 2 is 1.86 bits per heavy atom. The number of β-amino-alcohol motifs (C(OH)–C–C–N with tert-alkyl or cyclic N) is 1. The number of rotatable bonds is 5. The first-order chi connectivity index (χ1) is 10.1. The molecule has 2 amide bonds. The summed E-state index contributed by atoms with van der Waals surface area (Å²) in [5, 5.41) is 20.9. The fourth-order valence-corrected chi connectivity index (χ4v) is 3.25. The van der Waals surface area contributed by atoms with E-state index in [9.17, 15) is 9.59 Å². The van der Waals surface area contributed by atoms with Gasteiger partial charge in [-0.1, -0.05) is 6.42 Å². The van der Waals surface area contributed by atoms with Crippen molar-refractivity contribution >= 4 is 12.0 Å². The number of carbonyl (C=O) groups excluding carboxylic acids is 1. The number of piperazine rings is 1. The van der Waals surface area contributed by atoms with E-state index in [0.29, 0.717) is 26.2 Å². The van der Waals surface area contributed by atoms with E-state index in [2.05, 4.69) is 10.2 Å². The zero-order valence-electron chi connectivity index (χ0n) is 12.3. The van der Waals surface area contributed by atoms with Crippen molar-refractivity contribution < 1.29 is 19.8 Å². The third-order valence-corrected chi connectivity index (χ3v) is 4.57. The van der Waals surface area contributed by atoms with Crippen molar-refractivity contribution in [3.8, 4) is 0 Å². The molecule has 1 heterocycles. The molecular weight excluding hydrogens is 274 g/mol. The number of hydrogen-bond donors (Lipinski definition) is 3. The van der Waals surface area contributed by atoms with Crippen LogP contribution in [0.5, 0.6) is 0 Å². The summed E-state index contributed by atoms with van der Waals surface area (Å²) in [5.74, 6) is -1.00. The summed E-state index contributed by atoms with van der Waals surface area (Å²) in [6.07, 6.45) is 2.52. The van der Waals surface area contributed by atoms with Crippen molar-refractivity contribution in [3.05, 3.63) is 0 Å². The van der Waals surface area contributed by atoms with Gasteiger partial charge in [0.1, 0.15) is 0 Å². The summed E-state index contributed by atoms with van der Waals surface area (Å²) in [4.78, 5) is 27.1. The number of nitrogens with one attached hydrogen (secondary N) is 1. The Bertz CT molecular complexity index is 369. The van der Waals surface area contributed by atoms with E-state index in [0.717, 1.165) is 32.4 Å². The zero-order chi connectivity index (χ0) is 15.2. The maximum Gasteiger partial charge on any atom is 0.317 e. The lowest BCUT2D eigenvalue weighted by Gasteiger charge is -2.34. The summed E-state index contributed by atoms with van der Waals surface area (Å²) >= 11 is 0. The predicted octanol–water partition coefficient (Wildman–Crippen LogP) is -0.193. The highest BCUT2D eigenvalue weighted by molar-refractivity contribution is 5.74. The van der Waals surface area contributed by atoms with E-state index in [1.165, 1.54) is 0 Å². The Labute approximate surface area is 124 Å². The highest BCUT2D eigenvalue weighted by Gasteiger charge is 2.33. The Morgan fingerprint density at radius 3 is 2.48 bits per heavy atom. The van der Waals surface area contributed by atoms with Gasteiger partial charge < -0.3 is 20.4 Å². The molecule has 2 atom stereocenters. The molecular formula is C14H25N3O4. The van der Waals surface area contributed by atoms with Gasteiger partial charge in [-0.2, -0.15) is 0 Å². The maximum absolute atomic E-state index is 12.1. The highest BCUT2D eigenvalue weighted by atomic mass is 16.4. The molecule has 2 unspecified atom stereocenters. The van der Waals surface area contributed by atoms with Crippen LogP contribution in [-0.4, -0.2) is 77.9 Å². The number of aliphatic carboxylic acids is 1. The van der Waals surface area contributed by atoms with Crippen LogP contribution in [0.4, 0.5) is 4.79 Å². The molecule has 2 aliphatic rings. The smallest absolute Gasteiger partial charge is 0.317 e. The van der Waals surface area contributed by atoms with Crippen LogP contribution in [0.15, 0.2) is 0 Å². The van der Waals surface area contributed by atoms with Gasteiger partial charge in [-0.15, -0.1) is 0 Å². The summed E-state index contributed by atoms with van der Waals surface area (Å²) in [6, 6.07) is -0.102. The Morgan fingerprint density at radius 1 is 1.14 bits per heavy atom. The summed E-state index contributed by atoms with van der Waals surface area (Å²) in [5.41, 5.74) is 0. The average Bonchev–Trinajstić information content (AvgIpc) is 2.94. The molecule has 2 rings (SSSR count). The van der Waals surface area contributed by atoms with Crippen LogP contribution >= 0.6 is 0 Å². The van der Waals surface area contributed by atoms with Crippen molar-refractivity contribution in [2.24, 2.45) is 11.8 Å². The first-order valence-corrected chi connectivity index (χ1v) is 7.70. The van der Waals surface area contributed by atoms with Gasteiger partial charge in [0, 0.05) is 39.3 Å². The van der Waals surface area contributed by atoms with Gasteiger partial charge in [-0.25, -0.2) is 4.79 Å². The van der Waals surface area contributed by atoms with Crippen LogP contribution in [0, 0.1) is 11.8 Å². The zero-order valence-corrected chi connectivity index (χ0v) is 12.3. The second-order valence-electron chi connectivity index (χ2n) is 5.87. The van der Waals surface area contributed by atoms with E-state index >= 15 is 0 Å². The molecule has 7 nitrogen and oxygen atoms in total. The van der Waals surface area contributed by atoms with Gasteiger partial charge in [-0.3, -0.25) is 9.69 Å². The summed E-state index contributed by atoms with van der Waals surface area (Å²) in [6.45, 7) is 4.09. The summed E-state index contributed by atoms with van der Waals surface area (Å²) < 4.78 is 0. The average molecular weight is 299 g/mol. The molecule has 120 valence electrons. The number of nitrogens with zero attached hydrogens (tertiary/aromatic N) is 2. The quantitative estimate of drug-likeness (QED) is 0.654. The van der Waals surface area contributed by atoms with Gasteiger partial charge >= 0.3 is 12.0 Å². The number of hydrogen-bond acceptors (Lipinski definition) is 4. The lowest BCUT2D eigenvalue weighted by Crippen LogP contribution is -2.52. The largest absolute Gasteiger partial charge is 0.481 e. The minimum Gasteiger partial charge on any atom is -0.481 e. The second-order valence-corrected chi connectivity index (χ2v) is 5.87. The van der Waals surface area contributed by atoms with Gasteiger partial charge in [0.2, 0.25) is 0 Å². The first-order valence-electron chi connectivity index (χ1n) is 7.70. The van der Waals surface area contributed by atoms with Crippen molar-refractivity contribution in [1.29, 1.82) is 0 Å². The van der Waals surface area contributed by atoms with Crippen molar-refractivity contribution in [2.45, 2.75) is 19.3 Å². The van der Waals surface area contributed by atoms with E-state index in [1.54, 1.807) is 4.90 Å². The number of aliphatic hydroxyl groups is 1. The lowest BCUT2D eigenvalue weighted by atomic mass is 9.96. The monoisotopic (exact) mass is 299 g/mol. The minimum absolute atomic E-state index is 0.0575. The normalized spacial score (nSPS) is 26.8. The number of carboxylic acids is 1. The second kappa shape index (κ2) is 7.61. The van der Waals surface area contributed by atoms with Crippen LogP contribution < -0.4 is 5.32 Å². The molecule has 0 aromatic heterocycles. The standard InChI is InChI=1S/C14H25N3O4/c18-9-8-16-4-6-17(7-5-16)14(21)15-10-11-2-1-3-12(11)13(19)20/h11-12,18H,1-10H2,(H,15,21)(H,19,20). The number of amides is 2. The molecule has 3 N–H and O–H groups in total. The Kier molecular flexibility index (Phi) is 5.81. The SMILES string of the molecule is O=C(O)C1CCCC1CNC(=O)N1CCN(CCO)CC1. The molecule has 1 saturated heterocycles. The van der Waals surface area contributed by atoms with E-state index < -0.39 is 5.97 Å². The number of aliphatic hydroxyl groups excluding tert-OH is 1. The van der Waals surface area contributed by atoms with Crippen LogP contribution in [0.25, 0.3) is 0 Å². The van der Waals surface area contributed by atoms with Crippen molar-refractivity contribution in [2.75, 3.05) is 45.9 Å². The molecule has 21 heavy (non-hydrogen) atoms. The molecule has 1 aliphatic heterocycles. The maximum atomic E-state index is 12.1. The van der Waals surface area contributed by atoms with Gasteiger partial charge in [-0.05, 0) is 18.8 Å². The van der Waals surface area contributed by atoms with Crippen molar-refractivity contribution in [1.82, 2.24) is 15.1 Å². The Hall–Kier alpha value is -1.34. The third kappa shape index (κ3) is 4.31. The minimum atomic E-state index is -0.746. The van der Waals surface area contributed by atoms with Crippen LogP contribution in [0.3, 0.4) is 0 Å². The fraction of sp³-hybridized carbons (Fsp3) is 0.857. The molecule has 0 spiro atoms. The number of carboxylic acid groups (broad SMARTS) is 1. The van der Waals surface area contributed by atoms with Gasteiger partial charge in [0.15, 0.2) is 0 Å². The summed E-state index contributed by atoms with van der Waals surface area (Å²) in [7, 11) is 0. The molecule has 0 radical (unpaired) electrons. The fourth-order valence-electron chi connectivity index (χ4n) is 3.25. The van der Waals surface area contributed by atoms with Gasteiger partial charge in [0.25, 0.3) is 0 Å². The molecule has 1 saturated carbocycles. The predicted molar refractivity (Wildman–Crippen MR) is 77.0 cm³/mol. The van der Waals surface area contributed by atoms with Crippen LogP contribution in [-0.2, 0) is 4.79 Å². The van der Waals surface area contributed by atoms with Gasteiger partial charge in [0.05, 0.1) is 12.5 Å². The molecule has 7 heteroatoms. The Balaban J connectivity index is 1.71. The molecule has 2 fully saturated rings. The van der Waals surface area contributed by atoms with Crippen molar-refractivity contribution in [3.63, 3.8) is 0 Å². The number of carbonyl (C=O) groups is 2. The topological polar surface area (TPSA) is 93.1 Å². The lowest BCUT2D eigenvalue weighted by molar-refractivity contribution is -0.142. The van der Waals surface area contributed by atoms with E-state index in [4.69, 9.17) is 10.2 Å². The molecule has 0 bridgehead atoms. The third-order valence-electron chi connectivity index (χ3n) is 4.57. The highest BCUT2D eigenvalue weighted by Crippen LogP contribution is 2.31.